The fourth-order valence-electron chi connectivity index (χ4n) is 4.96. The van der Waals surface area contributed by atoms with Gasteiger partial charge in [-0.1, -0.05) is 12.1 Å². The van der Waals surface area contributed by atoms with Crippen LogP contribution in [-0.4, -0.2) is 82.3 Å². The van der Waals surface area contributed by atoms with Crippen molar-refractivity contribution in [1.29, 1.82) is 0 Å². The summed E-state index contributed by atoms with van der Waals surface area (Å²) in [7, 11) is 0. The largest absolute Gasteiger partial charge is 0.481 e. The molecule has 9 N–H and O–H groups in total. The fourth-order valence-corrected chi connectivity index (χ4v) is 5.32. The van der Waals surface area contributed by atoms with Crippen molar-refractivity contribution < 1.29 is 44.1 Å². The molecule has 15 heteroatoms. The van der Waals surface area contributed by atoms with Crippen LogP contribution in [0.4, 0.5) is 4.79 Å². The highest BCUT2D eigenvalue weighted by atomic mass is 127. The normalized spacial score (nSPS) is 18.2. The van der Waals surface area contributed by atoms with Crippen molar-refractivity contribution in [2.75, 3.05) is 13.1 Å². The highest BCUT2D eigenvalue weighted by Gasteiger charge is 2.29. The third-order valence-corrected chi connectivity index (χ3v) is 8.33. The lowest BCUT2D eigenvalue weighted by molar-refractivity contribution is -0.141. The monoisotopic (exact) mass is 731 g/mol. The highest BCUT2D eigenvalue weighted by Crippen LogP contribution is 2.28. The van der Waals surface area contributed by atoms with E-state index in [0.29, 0.717) is 31.7 Å². The lowest BCUT2D eigenvalue weighted by Gasteiger charge is -2.28. The van der Waals surface area contributed by atoms with E-state index in [-0.39, 0.29) is 37.1 Å². The molecule has 1 aliphatic rings. The predicted molar refractivity (Wildman–Crippen MR) is 168 cm³/mol. The summed E-state index contributed by atoms with van der Waals surface area (Å²) < 4.78 is 1.04. The predicted octanol–water partition coefficient (Wildman–Crippen LogP) is 1.44. The number of nitrogens with two attached hydrogens (primary N) is 1. The van der Waals surface area contributed by atoms with E-state index < -0.39 is 48.5 Å². The summed E-state index contributed by atoms with van der Waals surface area (Å²) in [6.45, 7) is 0.802. The standard InChI is InChI=1S/C29H42IN5O9/c30-20-10-6-17(7-11-20)15-23(33-25(38)19-8-4-18(16-31)5-9-19)26(39)32-14-2-1-3-21(27(40)41)34-29(44)35-22(28(42)43)12-13-24(36)37/h6-7,10-11,18-19,21-23H,1-5,8-9,12-16,31H2,(H,32,39)(H,33,38)(H,36,37)(H,40,41)(H,42,43)(H2,34,35,44)/t18?,19?,21-,22-,23-/m0/s1. The Bertz CT molecular complexity index is 1140. The molecule has 44 heavy (non-hydrogen) atoms. The second-order valence-corrected chi connectivity index (χ2v) is 12.2. The maximum atomic E-state index is 13.1. The number of carboxylic acids is 3. The summed E-state index contributed by atoms with van der Waals surface area (Å²) >= 11 is 2.19. The first-order valence-electron chi connectivity index (χ1n) is 14.7. The van der Waals surface area contributed by atoms with Gasteiger partial charge in [-0.15, -0.1) is 0 Å². The number of nitrogens with one attached hydrogen (secondary N) is 4. The number of urea groups is 1. The third kappa shape index (κ3) is 13.4. The first kappa shape index (κ1) is 36.7. The lowest BCUT2D eigenvalue weighted by Crippen LogP contribution is -2.51. The fraction of sp³-hybridized carbons (Fsp3) is 0.586. The van der Waals surface area contributed by atoms with Crippen LogP contribution in [0.3, 0.4) is 0 Å². The zero-order valence-corrected chi connectivity index (χ0v) is 26.6. The minimum Gasteiger partial charge on any atom is -0.481 e. The summed E-state index contributed by atoms with van der Waals surface area (Å²) in [5, 5.41) is 37.4. The molecule has 1 fully saturated rings. The lowest BCUT2D eigenvalue weighted by atomic mass is 9.81. The Morgan fingerprint density at radius 1 is 0.818 bits per heavy atom. The number of unbranched alkanes of at least 4 members (excludes halogenated alkanes) is 1. The first-order chi connectivity index (χ1) is 20.9. The van der Waals surface area contributed by atoms with Crippen LogP contribution in [0.1, 0.15) is 63.4 Å². The van der Waals surface area contributed by atoms with Gasteiger partial charge in [-0.3, -0.25) is 14.4 Å². The number of carbonyl (C=O) groups excluding carboxylic acids is 3. The number of hydrogen-bond donors (Lipinski definition) is 8. The third-order valence-electron chi connectivity index (χ3n) is 7.61. The molecule has 244 valence electrons. The summed E-state index contributed by atoms with van der Waals surface area (Å²) in [5.41, 5.74) is 6.66. The number of carboxylic acid groups (broad SMARTS) is 3. The number of aliphatic carboxylic acids is 3. The zero-order chi connectivity index (χ0) is 32.6. The smallest absolute Gasteiger partial charge is 0.326 e. The van der Waals surface area contributed by atoms with Crippen LogP contribution < -0.4 is 27.0 Å². The summed E-state index contributed by atoms with van der Waals surface area (Å²) in [6.07, 6.45) is 3.33. The molecule has 0 unspecified atom stereocenters. The Labute approximate surface area is 269 Å². The van der Waals surface area contributed by atoms with Gasteiger partial charge in [0.25, 0.3) is 0 Å². The first-order valence-corrected chi connectivity index (χ1v) is 15.7. The van der Waals surface area contributed by atoms with Gasteiger partial charge in [-0.2, -0.15) is 0 Å². The van der Waals surface area contributed by atoms with Gasteiger partial charge in [0, 0.05) is 28.9 Å². The number of hydrogen-bond acceptors (Lipinski definition) is 7. The summed E-state index contributed by atoms with van der Waals surface area (Å²) in [6, 6.07) is 2.98. The van der Waals surface area contributed by atoms with Crippen LogP contribution in [0.2, 0.25) is 0 Å². The van der Waals surface area contributed by atoms with Crippen LogP contribution in [0, 0.1) is 15.4 Å². The molecule has 1 aromatic carbocycles. The molecule has 0 spiro atoms. The average Bonchev–Trinajstić information content (AvgIpc) is 2.98. The van der Waals surface area contributed by atoms with Crippen molar-refractivity contribution in [2.24, 2.45) is 17.6 Å². The van der Waals surface area contributed by atoms with Gasteiger partial charge < -0.3 is 42.3 Å². The molecule has 3 atom stereocenters. The number of halogens is 1. The molecule has 0 aromatic heterocycles. The molecule has 0 aliphatic heterocycles. The number of rotatable bonds is 18. The zero-order valence-electron chi connectivity index (χ0n) is 24.4. The minimum atomic E-state index is -1.50. The van der Waals surface area contributed by atoms with Gasteiger partial charge in [0.05, 0.1) is 0 Å². The second-order valence-electron chi connectivity index (χ2n) is 11.0. The van der Waals surface area contributed by atoms with Crippen LogP contribution >= 0.6 is 22.6 Å². The van der Waals surface area contributed by atoms with Crippen molar-refractivity contribution in [1.82, 2.24) is 21.3 Å². The molecule has 0 saturated heterocycles. The molecular weight excluding hydrogens is 689 g/mol. The van der Waals surface area contributed by atoms with Crippen LogP contribution in [0.5, 0.6) is 0 Å². The van der Waals surface area contributed by atoms with E-state index in [1.807, 2.05) is 24.3 Å². The highest BCUT2D eigenvalue weighted by molar-refractivity contribution is 14.1. The molecule has 0 heterocycles. The Morgan fingerprint density at radius 3 is 1.95 bits per heavy atom. The van der Waals surface area contributed by atoms with E-state index in [9.17, 15) is 39.0 Å². The molecule has 1 saturated carbocycles. The minimum absolute atomic E-state index is 0.000221. The Kier molecular flexibility index (Phi) is 15.9. The van der Waals surface area contributed by atoms with Crippen molar-refractivity contribution in [2.45, 2.75) is 82.3 Å². The van der Waals surface area contributed by atoms with Gasteiger partial charge in [0.2, 0.25) is 11.8 Å². The molecule has 14 nitrogen and oxygen atoms in total. The van der Waals surface area contributed by atoms with Crippen molar-refractivity contribution in [3.05, 3.63) is 33.4 Å². The maximum absolute atomic E-state index is 13.1. The second kappa shape index (κ2) is 19.0. The van der Waals surface area contributed by atoms with E-state index >= 15 is 0 Å². The summed E-state index contributed by atoms with van der Waals surface area (Å²) in [4.78, 5) is 72.0. The molecule has 2 rings (SSSR count). The van der Waals surface area contributed by atoms with Gasteiger partial charge in [-0.05, 0) is 104 Å². The van der Waals surface area contributed by atoms with Gasteiger partial charge in [0.1, 0.15) is 18.1 Å². The summed E-state index contributed by atoms with van der Waals surface area (Å²) in [5.74, 6) is -4.29. The Morgan fingerprint density at radius 2 is 1.41 bits per heavy atom. The van der Waals surface area contributed by atoms with E-state index in [4.69, 9.17) is 10.8 Å². The molecule has 1 aromatic rings. The number of carbonyl (C=O) groups is 6. The van der Waals surface area contributed by atoms with Crippen LogP contribution in [-0.2, 0) is 30.4 Å². The van der Waals surface area contributed by atoms with Gasteiger partial charge in [-0.25, -0.2) is 14.4 Å². The van der Waals surface area contributed by atoms with Crippen molar-refractivity contribution in [3.63, 3.8) is 0 Å². The molecule has 4 amide bonds. The van der Waals surface area contributed by atoms with Crippen LogP contribution in [0.15, 0.2) is 24.3 Å². The maximum Gasteiger partial charge on any atom is 0.326 e. The van der Waals surface area contributed by atoms with E-state index in [1.54, 1.807) is 0 Å². The number of amides is 4. The SMILES string of the molecule is NCC1CCC(C(=O)N[C@@H](Cc2ccc(I)cc2)C(=O)NCCCC[C@H](NC(=O)N[C@@H](CCC(=O)O)C(=O)O)C(=O)O)CC1. The molecule has 0 radical (unpaired) electrons. The molecule has 1 aliphatic carbocycles. The van der Waals surface area contributed by atoms with Crippen molar-refractivity contribution >= 4 is 58.3 Å². The Hall–Kier alpha value is -3.47. The van der Waals surface area contributed by atoms with Crippen molar-refractivity contribution in [3.8, 4) is 0 Å². The van der Waals surface area contributed by atoms with Gasteiger partial charge >= 0.3 is 23.9 Å². The van der Waals surface area contributed by atoms with Crippen LogP contribution in [0.25, 0.3) is 0 Å². The molecular formula is C29H42IN5O9. The quantitative estimate of drug-likeness (QED) is 0.0799. The van der Waals surface area contributed by atoms with Gasteiger partial charge in [0.15, 0.2) is 0 Å². The number of benzene rings is 1. The Balaban J connectivity index is 1.88. The van der Waals surface area contributed by atoms with E-state index in [0.717, 1.165) is 34.8 Å². The van der Waals surface area contributed by atoms with E-state index in [2.05, 4.69) is 43.9 Å². The van der Waals surface area contributed by atoms with E-state index in [1.165, 1.54) is 0 Å². The average molecular weight is 732 g/mol. The molecule has 0 bridgehead atoms. The topological polar surface area (TPSA) is 237 Å².